The number of thiophene rings is 1. The molecule has 3 rings (SSSR count). The van der Waals surface area contributed by atoms with Crippen molar-refractivity contribution in [1.29, 1.82) is 0 Å². The Morgan fingerprint density at radius 1 is 0.867 bits per heavy atom. The second-order valence-electron chi connectivity index (χ2n) is 3.46. The van der Waals surface area contributed by atoms with Gasteiger partial charge in [0, 0.05) is 5.56 Å². The Labute approximate surface area is 92.8 Å². The van der Waals surface area contributed by atoms with Crippen LogP contribution < -0.4 is 0 Å². The maximum absolute atomic E-state index is 3.29. The van der Waals surface area contributed by atoms with Crippen molar-refractivity contribution in [1.82, 2.24) is 0 Å². The third kappa shape index (κ3) is 1.45. The van der Waals surface area contributed by atoms with Gasteiger partial charge in [0.25, 0.3) is 0 Å². The lowest BCUT2D eigenvalue weighted by Gasteiger charge is -2.03. The van der Waals surface area contributed by atoms with E-state index in [1.165, 1.54) is 21.9 Å². The first-order chi connectivity index (χ1) is 7.45. The molecule has 0 fully saturated rings. The number of hydrogen-bond donors (Lipinski definition) is 0. The predicted molar refractivity (Wildman–Crippen MR) is 66.1 cm³/mol. The minimum atomic E-state index is 1.19. The lowest BCUT2D eigenvalue weighted by molar-refractivity contribution is 1.72. The molecule has 1 heterocycles. The Morgan fingerprint density at radius 3 is 2.60 bits per heavy atom. The molecule has 0 nitrogen and oxygen atoms in total. The molecule has 1 aromatic heterocycles. The molecule has 15 heavy (non-hydrogen) atoms. The molecule has 0 atom stereocenters. The number of fused-ring (bicyclic) bond motifs is 1. The Balaban J connectivity index is 2.36. The van der Waals surface area contributed by atoms with Gasteiger partial charge in [-0.05, 0) is 27.8 Å². The summed E-state index contributed by atoms with van der Waals surface area (Å²) in [6.45, 7) is 0. The van der Waals surface area contributed by atoms with Crippen molar-refractivity contribution in [2.45, 2.75) is 0 Å². The summed E-state index contributed by atoms with van der Waals surface area (Å²) in [5.74, 6) is 0. The fourth-order valence-electron chi connectivity index (χ4n) is 1.84. The van der Waals surface area contributed by atoms with E-state index in [0.29, 0.717) is 0 Å². The molecule has 3 aromatic rings. The van der Waals surface area contributed by atoms with Crippen molar-refractivity contribution in [2.24, 2.45) is 0 Å². The fraction of sp³-hybridized carbons (Fsp3) is 0. The van der Waals surface area contributed by atoms with Crippen molar-refractivity contribution in [3.05, 3.63) is 59.3 Å². The Kier molecular flexibility index (Phi) is 2.04. The van der Waals surface area contributed by atoms with Crippen molar-refractivity contribution < 1.29 is 0 Å². The molecule has 2 aromatic carbocycles. The number of hydrogen-bond acceptors (Lipinski definition) is 1. The highest BCUT2D eigenvalue weighted by molar-refractivity contribution is 7.07. The first-order valence-corrected chi connectivity index (χ1v) is 5.76. The zero-order chi connectivity index (χ0) is 10.1. The highest BCUT2D eigenvalue weighted by Gasteiger charge is 2.02. The molecule has 0 N–H and O–H groups in total. The van der Waals surface area contributed by atoms with E-state index in [9.17, 15) is 0 Å². The SMILES string of the molecule is [c]1sccc1-c1cccc2ccccc12. The van der Waals surface area contributed by atoms with Crippen LogP contribution in [0.3, 0.4) is 0 Å². The second kappa shape index (κ2) is 3.52. The summed E-state index contributed by atoms with van der Waals surface area (Å²) in [7, 11) is 0. The Hall–Kier alpha value is -1.60. The summed E-state index contributed by atoms with van der Waals surface area (Å²) < 4.78 is 0. The van der Waals surface area contributed by atoms with Gasteiger partial charge in [0.1, 0.15) is 0 Å². The molecule has 0 aliphatic rings. The third-order valence-corrected chi connectivity index (χ3v) is 3.16. The van der Waals surface area contributed by atoms with Crippen LogP contribution in [0.15, 0.2) is 53.9 Å². The first kappa shape index (κ1) is 8.69. The van der Waals surface area contributed by atoms with Gasteiger partial charge in [-0.3, -0.25) is 0 Å². The van der Waals surface area contributed by atoms with Crippen molar-refractivity contribution in [3.63, 3.8) is 0 Å². The van der Waals surface area contributed by atoms with Crippen LogP contribution in [0.25, 0.3) is 21.9 Å². The van der Waals surface area contributed by atoms with E-state index < -0.39 is 0 Å². The summed E-state index contributed by atoms with van der Waals surface area (Å²) in [6, 6.07) is 17.0. The van der Waals surface area contributed by atoms with Gasteiger partial charge < -0.3 is 0 Å². The largest absolute Gasteiger partial charge is 0.142 e. The van der Waals surface area contributed by atoms with Crippen LogP contribution >= 0.6 is 11.3 Å². The van der Waals surface area contributed by atoms with Crippen LogP contribution in [0.2, 0.25) is 0 Å². The van der Waals surface area contributed by atoms with Crippen LogP contribution in [-0.2, 0) is 0 Å². The predicted octanol–water partition coefficient (Wildman–Crippen LogP) is 4.37. The quantitative estimate of drug-likeness (QED) is 0.558. The topological polar surface area (TPSA) is 0 Å². The van der Waals surface area contributed by atoms with Crippen LogP contribution in [0.1, 0.15) is 0 Å². The van der Waals surface area contributed by atoms with Gasteiger partial charge in [-0.1, -0.05) is 42.5 Å². The highest BCUT2D eigenvalue weighted by Crippen LogP contribution is 2.29. The molecule has 0 unspecified atom stereocenters. The van der Waals surface area contributed by atoms with E-state index in [1.807, 2.05) is 0 Å². The molecule has 1 heteroatoms. The van der Waals surface area contributed by atoms with E-state index in [2.05, 4.69) is 59.3 Å². The van der Waals surface area contributed by atoms with Gasteiger partial charge in [-0.15, -0.1) is 11.3 Å². The first-order valence-electron chi connectivity index (χ1n) is 4.88. The van der Waals surface area contributed by atoms with Crippen LogP contribution in [0, 0.1) is 5.38 Å². The maximum Gasteiger partial charge on any atom is 0.0527 e. The third-order valence-electron chi connectivity index (χ3n) is 2.55. The standard InChI is InChI=1S/C14H9S/c1-2-6-13-11(4-1)5-3-7-14(13)12-8-9-15-10-12/h1-9H. The average Bonchev–Trinajstić information content (AvgIpc) is 2.82. The average molecular weight is 209 g/mol. The van der Waals surface area contributed by atoms with Gasteiger partial charge in [0.05, 0.1) is 5.38 Å². The zero-order valence-electron chi connectivity index (χ0n) is 8.10. The van der Waals surface area contributed by atoms with E-state index in [-0.39, 0.29) is 0 Å². The smallest absolute Gasteiger partial charge is 0.0527 e. The summed E-state index contributed by atoms with van der Waals surface area (Å²) in [5, 5.41) is 7.94. The Bertz CT molecular complexity index is 574. The molecule has 0 aliphatic carbocycles. The van der Waals surface area contributed by atoms with Gasteiger partial charge in [-0.25, -0.2) is 0 Å². The van der Waals surface area contributed by atoms with E-state index in [4.69, 9.17) is 0 Å². The summed E-state index contributed by atoms with van der Waals surface area (Å²) in [6.07, 6.45) is 0. The molecule has 0 saturated carbocycles. The van der Waals surface area contributed by atoms with Gasteiger partial charge in [0.2, 0.25) is 0 Å². The molecular formula is C14H9S. The molecule has 0 saturated heterocycles. The summed E-state index contributed by atoms with van der Waals surface area (Å²) >= 11 is 1.62. The second-order valence-corrected chi connectivity index (χ2v) is 4.18. The van der Waals surface area contributed by atoms with E-state index in [1.54, 1.807) is 11.3 Å². The zero-order valence-corrected chi connectivity index (χ0v) is 8.92. The Morgan fingerprint density at radius 2 is 1.73 bits per heavy atom. The fourth-order valence-corrected chi connectivity index (χ4v) is 2.42. The van der Waals surface area contributed by atoms with Gasteiger partial charge >= 0.3 is 0 Å². The molecular weight excluding hydrogens is 200 g/mol. The molecule has 0 aliphatic heterocycles. The van der Waals surface area contributed by atoms with E-state index in [0.717, 1.165) is 0 Å². The van der Waals surface area contributed by atoms with Crippen molar-refractivity contribution in [3.8, 4) is 11.1 Å². The van der Waals surface area contributed by atoms with E-state index >= 15 is 0 Å². The number of rotatable bonds is 1. The summed E-state index contributed by atoms with van der Waals surface area (Å²) in [5.41, 5.74) is 2.46. The van der Waals surface area contributed by atoms with Gasteiger partial charge in [-0.2, -0.15) is 0 Å². The molecule has 0 spiro atoms. The molecule has 1 radical (unpaired) electrons. The van der Waals surface area contributed by atoms with Crippen LogP contribution in [0.4, 0.5) is 0 Å². The maximum atomic E-state index is 3.29. The summed E-state index contributed by atoms with van der Waals surface area (Å²) in [4.78, 5) is 0. The highest BCUT2D eigenvalue weighted by atomic mass is 32.1. The minimum absolute atomic E-state index is 1.19. The minimum Gasteiger partial charge on any atom is -0.142 e. The lowest BCUT2D eigenvalue weighted by Crippen LogP contribution is -1.77. The van der Waals surface area contributed by atoms with Crippen molar-refractivity contribution >= 4 is 22.1 Å². The van der Waals surface area contributed by atoms with Crippen molar-refractivity contribution in [2.75, 3.05) is 0 Å². The molecule has 0 bridgehead atoms. The van der Waals surface area contributed by atoms with Gasteiger partial charge in [0.15, 0.2) is 0 Å². The van der Waals surface area contributed by atoms with Crippen LogP contribution in [-0.4, -0.2) is 0 Å². The lowest BCUT2D eigenvalue weighted by atomic mass is 10.0. The normalized spacial score (nSPS) is 10.7. The molecule has 71 valence electrons. The molecule has 0 amide bonds. The monoisotopic (exact) mass is 209 g/mol. The van der Waals surface area contributed by atoms with Crippen LogP contribution in [0.5, 0.6) is 0 Å². The number of benzene rings is 2.